The summed E-state index contributed by atoms with van der Waals surface area (Å²) in [6.07, 6.45) is 23.4. The van der Waals surface area contributed by atoms with Crippen LogP contribution in [0.15, 0.2) is 24.3 Å². The van der Waals surface area contributed by atoms with Gasteiger partial charge < -0.3 is 49.8 Å². The number of aliphatic carboxylic acids is 1. The first-order chi connectivity index (χ1) is 30.6. The minimum absolute atomic E-state index is 0.0291. The average molecular weight is 893 g/mol. The van der Waals surface area contributed by atoms with Crippen LogP contribution in [0.1, 0.15) is 165 Å². The molecule has 63 heavy (non-hydrogen) atoms. The van der Waals surface area contributed by atoms with Gasteiger partial charge in [-0.25, -0.2) is 9.59 Å². The van der Waals surface area contributed by atoms with Gasteiger partial charge in [-0.15, -0.1) is 0 Å². The first-order valence-corrected chi connectivity index (χ1v) is 23.8. The van der Waals surface area contributed by atoms with Crippen LogP contribution in [0.25, 0.3) is 0 Å². The first kappa shape index (κ1) is 57.2. The summed E-state index contributed by atoms with van der Waals surface area (Å²) < 4.78 is 27.7. The summed E-state index contributed by atoms with van der Waals surface area (Å²) in [4.78, 5) is 59.1. The Labute approximate surface area is 377 Å². The molecule has 1 aromatic carbocycles. The summed E-state index contributed by atoms with van der Waals surface area (Å²) in [6.45, 7) is 9.32. The molecule has 15 nitrogen and oxygen atoms in total. The maximum absolute atomic E-state index is 12.3. The SMILES string of the molecule is [CH2]C(CCCCCCCCCCCCCC)OCCOCCNC(=O)COCCOCCNC(=O)CC[C@H](NC(=O)CCCCCCCCCOc1ccc(C(=O)O)cc1)C(=O)O. The second-order valence-electron chi connectivity index (χ2n) is 16.0. The summed E-state index contributed by atoms with van der Waals surface area (Å²) in [5.41, 5.74) is 0.221. The van der Waals surface area contributed by atoms with Crippen LogP contribution in [0.2, 0.25) is 0 Å². The molecule has 2 atom stereocenters. The Morgan fingerprint density at radius 1 is 0.556 bits per heavy atom. The maximum atomic E-state index is 12.3. The maximum Gasteiger partial charge on any atom is 0.335 e. The van der Waals surface area contributed by atoms with Gasteiger partial charge in [-0.1, -0.05) is 116 Å². The van der Waals surface area contributed by atoms with Crippen molar-refractivity contribution < 1.29 is 57.9 Å². The monoisotopic (exact) mass is 893 g/mol. The molecule has 0 aliphatic rings. The molecule has 5 N–H and O–H groups in total. The highest BCUT2D eigenvalue weighted by atomic mass is 16.5. The van der Waals surface area contributed by atoms with Crippen molar-refractivity contribution in [3.63, 3.8) is 0 Å². The second kappa shape index (κ2) is 40.9. The zero-order valence-corrected chi connectivity index (χ0v) is 38.5. The normalized spacial score (nSPS) is 12.1. The highest BCUT2D eigenvalue weighted by molar-refractivity contribution is 5.87. The largest absolute Gasteiger partial charge is 0.494 e. The molecule has 0 fully saturated rings. The number of benzene rings is 1. The van der Waals surface area contributed by atoms with Gasteiger partial charge in [-0.05, 0) is 56.9 Å². The predicted octanol–water partition coefficient (Wildman–Crippen LogP) is 7.83. The number of hydrogen-bond donors (Lipinski definition) is 5. The van der Waals surface area contributed by atoms with Crippen molar-refractivity contribution in [2.45, 2.75) is 167 Å². The van der Waals surface area contributed by atoms with Crippen molar-refractivity contribution in [2.24, 2.45) is 0 Å². The Kier molecular flexibility index (Phi) is 37.2. The lowest BCUT2D eigenvalue weighted by Crippen LogP contribution is -2.41. The fourth-order valence-corrected chi connectivity index (χ4v) is 6.68. The quantitative estimate of drug-likeness (QED) is 0.0397. The molecule has 1 unspecified atom stereocenters. The van der Waals surface area contributed by atoms with E-state index in [1.54, 1.807) is 12.1 Å². The number of aromatic carboxylic acids is 1. The number of rotatable bonds is 45. The van der Waals surface area contributed by atoms with Gasteiger partial charge in [-0.2, -0.15) is 0 Å². The predicted molar refractivity (Wildman–Crippen MR) is 244 cm³/mol. The minimum atomic E-state index is -1.19. The van der Waals surface area contributed by atoms with E-state index in [2.05, 4.69) is 29.8 Å². The summed E-state index contributed by atoms with van der Waals surface area (Å²) in [7, 11) is 0. The zero-order chi connectivity index (χ0) is 46.0. The van der Waals surface area contributed by atoms with Crippen LogP contribution in [0, 0.1) is 6.92 Å². The number of carboxylic acid groups (broad SMARTS) is 2. The van der Waals surface area contributed by atoms with E-state index >= 15 is 0 Å². The molecule has 0 aliphatic carbocycles. The Morgan fingerprint density at radius 2 is 1.08 bits per heavy atom. The van der Waals surface area contributed by atoms with Crippen molar-refractivity contribution in [1.82, 2.24) is 16.0 Å². The van der Waals surface area contributed by atoms with E-state index in [-0.39, 0.29) is 81.6 Å². The van der Waals surface area contributed by atoms with Gasteiger partial charge in [-0.3, -0.25) is 14.4 Å². The highest BCUT2D eigenvalue weighted by Gasteiger charge is 2.21. The summed E-state index contributed by atoms with van der Waals surface area (Å²) in [5.74, 6) is -2.47. The molecule has 0 aliphatic heterocycles. The van der Waals surface area contributed by atoms with Gasteiger partial charge in [0.05, 0.1) is 57.9 Å². The van der Waals surface area contributed by atoms with Crippen LogP contribution < -0.4 is 20.7 Å². The number of hydrogen-bond acceptors (Lipinski definition) is 10. The molecule has 1 radical (unpaired) electrons. The molecule has 15 heteroatoms. The van der Waals surface area contributed by atoms with Crippen molar-refractivity contribution in [1.29, 1.82) is 0 Å². The van der Waals surface area contributed by atoms with E-state index in [0.29, 0.717) is 45.1 Å². The Balaban J connectivity index is 1.90. The standard InChI is InChI=1S/C48H82N3O12/c1-3-4-5-6-7-8-9-10-11-13-16-19-22-40(2)62-38-37-60-34-31-50-46(54)39-61-36-35-59-33-30-49-44(52)29-28-43(48(57)58)51-45(53)23-20-17-14-12-15-18-21-32-63-42-26-24-41(25-27-42)47(55)56/h24-27,40,43H,2-23,28-39H2,1H3,(H,49,52)(H,50,54)(H,51,53)(H,55,56)(H,57,58)/t40?,43-/m0/s1. The Hall–Kier alpha value is -3.79. The van der Waals surface area contributed by atoms with E-state index < -0.39 is 18.0 Å². The van der Waals surface area contributed by atoms with Crippen LogP contribution >= 0.6 is 0 Å². The molecule has 1 aromatic rings. The molecule has 0 bridgehead atoms. The third-order valence-corrected chi connectivity index (χ3v) is 10.4. The molecule has 0 aromatic heterocycles. The van der Waals surface area contributed by atoms with Crippen molar-refractivity contribution in [2.75, 3.05) is 65.9 Å². The molecule has 0 saturated carbocycles. The van der Waals surface area contributed by atoms with Gasteiger partial charge in [0.2, 0.25) is 17.7 Å². The molecule has 0 heterocycles. The van der Waals surface area contributed by atoms with Gasteiger partial charge in [0.1, 0.15) is 18.4 Å². The number of carbonyl (C=O) groups is 5. The number of carboxylic acids is 2. The van der Waals surface area contributed by atoms with E-state index in [4.69, 9.17) is 28.8 Å². The Bertz CT molecular complexity index is 1320. The Morgan fingerprint density at radius 3 is 1.67 bits per heavy atom. The number of amides is 3. The van der Waals surface area contributed by atoms with Crippen LogP contribution in [0.4, 0.5) is 0 Å². The lowest BCUT2D eigenvalue weighted by molar-refractivity contribution is -0.142. The number of ether oxygens (including phenoxy) is 5. The van der Waals surface area contributed by atoms with Gasteiger partial charge in [0.15, 0.2) is 0 Å². The van der Waals surface area contributed by atoms with Gasteiger partial charge in [0.25, 0.3) is 0 Å². The van der Waals surface area contributed by atoms with Crippen molar-refractivity contribution >= 4 is 29.7 Å². The third kappa shape index (κ3) is 36.3. The smallest absolute Gasteiger partial charge is 0.335 e. The van der Waals surface area contributed by atoms with E-state index in [0.717, 1.165) is 51.4 Å². The average Bonchev–Trinajstić information content (AvgIpc) is 3.26. The van der Waals surface area contributed by atoms with Gasteiger partial charge in [0, 0.05) is 25.9 Å². The fourth-order valence-electron chi connectivity index (χ4n) is 6.68. The van der Waals surface area contributed by atoms with Crippen LogP contribution in [0.3, 0.4) is 0 Å². The summed E-state index contributed by atoms with van der Waals surface area (Å²) in [5, 5.41) is 26.4. The van der Waals surface area contributed by atoms with Crippen LogP contribution in [-0.4, -0.2) is 118 Å². The lowest BCUT2D eigenvalue weighted by atomic mass is 10.0. The lowest BCUT2D eigenvalue weighted by Gasteiger charge is -2.14. The molecule has 0 spiro atoms. The number of unbranched alkanes of at least 4 members (excludes halogenated alkanes) is 17. The van der Waals surface area contributed by atoms with Crippen molar-refractivity contribution in [3.05, 3.63) is 36.8 Å². The zero-order valence-electron chi connectivity index (χ0n) is 38.5. The van der Waals surface area contributed by atoms with Crippen LogP contribution in [0.5, 0.6) is 5.75 Å². The van der Waals surface area contributed by atoms with E-state index in [1.165, 1.54) is 82.8 Å². The number of carbonyl (C=O) groups excluding carboxylic acids is 3. The third-order valence-electron chi connectivity index (χ3n) is 10.4. The highest BCUT2D eigenvalue weighted by Crippen LogP contribution is 2.15. The second-order valence-corrected chi connectivity index (χ2v) is 16.0. The first-order valence-electron chi connectivity index (χ1n) is 23.8. The molecular formula is C48H82N3O12. The molecular weight excluding hydrogens is 811 g/mol. The minimum Gasteiger partial charge on any atom is -0.494 e. The summed E-state index contributed by atoms with van der Waals surface area (Å²) >= 11 is 0. The van der Waals surface area contributed by atoms with E-state index in [1.807, 2.05) is 0 Å². The van der Waals surface area contributed by atoms with Gasteiger partial charge >= 0.3 is 11.9 Å². The van der Waals surface area contributed by atoms with Crippen molar-refractivity contribution in [3.8, 4) is 5.75 Å². The van der Waals surface area contributed by atoms with Crippen LogP contribution in [-0.2, 0) is 38.1 Å². The summed E-state index contributed by atoms with van der Waals surface area (Å²) in [6, 6.07) is 5.18. The molecule has 3 amide bonds. The number of nitrogens with one attached hydrogen (secondary N) is 3. The molecule has 1 rings (SSSR count). The van der Waals surface area contributed by atoms with E-state index in [9.17, 15) is 29.1 Å². The molecule has 361 valence electrons. The fraction of sp³-hybridized carbons (Fsp3) is 0.750. The molecule has 0 saturated heterocycles. The topological polar surface area (TPSA) is 208 Å².